The van der Waals surface area contributed by atoms with Gasteiger partial charge in [-0.2, -0.15) is 0 Å². The highest BCUT2D eigenvalue weighted by Crippen LogP contribution is 2.23. The summed E-state index contributed by atoms with van der Waals surface area (Å²) < 4.78 is 0. The molecule has 0 saturated carbocycles. The number of carbonyl (C=O) groups is 1. The summed E-state index contributed by atoms with van der Waals surface area (Å²) in [5, 5.41) is 9.45. The molecule has 1 N–H and O–H groups in total. The number of halogens is 1. The topological polar surface area (TPSA) is 40.5 Å². The van der Waals surface area contributed by atoms with Crippen LogP contribution >= 0.6 is 11.6 Å². The van der Waals surface area contributed by atoms with Crippen molar-refractivity contribution < 1.29 is 9.90 Å². The van der Waals surface area contributed by atoms with Gasteiger partial charge < -0.3 is 10.0 Å². The molecule has 0 aliphatic rings. The Balaban J connectivity index is 2.88. The van der Waals surface area contributed by atoms with Gasteiger partial charge in [0, 0.05) is 11.1 Å². The summed E-state index contributed by atoms with van der Waals surface area (Å²) in [6.45, 7) is 0. The number of nitrogens with zero attached hydrogens (tertiary/aromatic N) is 1. The second-order valence-corrected chi connectivity index (χ2v) is 4.07. The Bertz CT molecular complexity index is 335. The summed E-state index contributed by atoms with van der Waals surface area (Å²) in [5.41, 5.74) is 0.965. The molecule has 15 heavy (non-hydrogen) atoms. The lowest BCUT2D eigenvalue weighted by Gasteiger charge is -2.23. The van der Waals surface area contributed by atoms with Crippen LogP contribution in [-0.2, 0) is 4.79 Å². The van der Waals surface area contributed by atoms with Gasteiger partial charge in [0.2, 0.25) is 0 Å². The van der Waals surface area contributed by atoms with Crippen LogP contribution in [0.5, 0.6) is 0 Å². The van der Waals surface area contributed by atoms with Crippen LogP contribution < -0.4 is 0 Å². The maximum absolute atomic E-state index is 10.7. The van der Waals surface area contributed by atoms with E-state index < -0.39 is 5.97 Å². The maximum atomic E-state index is 10.7. The van der Waals surface area contributed by atoms with Crippen LogP contribution in [0.4, 0.5) is 0 Å². The normalized spacial score (nSPS) is 12.8. The number of hydrogen-bond acceptors (Lipinski definition) is 2. The van der Waals surface area contributed by atoms with Crippen molar-refractivity contribution in [3.63, 3.8) is 0 Å². The number of hydrogen-bond donors (Lipinski definition) is 1. The van der Waals surface area contributed by atoms with Gasteiger partial charge in [0.05, 0.1) is 6.42 Å². The Morgan fingerprint density at radius 2 is 1.93 bits per heavy atom. The molecular formula is C11H14ClNO2. The zero-order valence-electron chi connectivity index (χ0n) is 8.77. The molecule has 0 aliphatic carbocycles. The van der Waals surface area contributed by atoms with Crippen LogP contribution in [0.2, 0.25) is 5.02 Å². The molecule has 0 aromatic heterocycles. The van der Waals surface area contributed by atoms with E-state index in [0.29, 0.717) is 5.02 Å². The molecule has 0 fully saturated rings. The van der Waals surface area contributed by atoms with Crippen molar-refractivity contribution in [3.8, 4) is 0 Å². The minimum Gasteiger partial charge on any atom is -0.481 e. The highest BCUT2D eigenvalue weighted by Gasteiger charge is 2.17. The summed E-state index contributed by atoms with van der Waals surface area (Å²) in [6, 6.07) is 7.15. The number of carboxylic acids is 1. The fourth-order valence-electron chi connectivity index (χ4n) is 1.45. The highest BCUT2D eigenvalue weighted by molar-refractivity contribution is 6.30. The minimum absolute atomic E-state index is 0.0919. The molecule has 0 spiro atoms. The van der Waals surface area contributed by atoms with E-state index in [1.165, 1.54) is 0 Å². The van der Waals surface area contributed by atoms with Crippen LogP contribution in [0, 0.1) is 0 Å². The maximum Gasteiger partial charge on any atom is 0.305 e. The zero-order chi connectivity index (χ0) is 11.4. The van der Waals surface area contributed by atoms with Gasteiger partial charge in [0.25, 0.3) is 0 Å². The number of aliphatic carboxylic acids is 1. The van der Waals surface area contributed by atoms with E-state index >= 15 is 0 Å². The molecule has 0 saturated heterocycles. The van der Waals surface area contributed by atoms with Crippen molar-refractivity contribution in [3.05, 3.63) is 34.9 Å². The molecule has 0 amide bonds. The van der Waals surface area contributed by atoms with E-state index in [-0.39, 0.29) is 12.5 Å². The van der Waals surface area contributed by atoms with Gasteiger partial charge in [-0.1, -0.05) is 23.7 Å². The fourth-order valence-corrected chi connectivity index (χ4v) is 1.57. The molecule has 82 valence electrons. The van der Waals surface area contributed by atoms with Crippen molar-refractivity contribution >= 4 is 17.6 Å². The third-order valence-electron chi connectivity index (χ3n) is 2.25. The number of carboxylic acid groups (broad SMARTS) is 1. The van der Waals surface area contributed by atoms with E-state index in [4.69, 9.17) is 16.7 Å². The third kappa shape index (κ3) is 3.53. The molecule has 3 nitrogen and oxygen atoms in total. The quantitative estimate of drug-likeness (QED) is 0.859. The predicted molar refractivity (Wildman–Crippen MR) is 60.1 cm³/mol. The third-order valence-corrected chi connectivity index (χ3v) is 2.50. The van der Waals surface area contributed by atoms with Gasteiger partial charge in [-0.05, 0) is 31.8 Å². The smallest absolute Gasteiger partial charge is 0.305 e. The summed E-state index contributed by atoms with van der Waals surface area (Å²) in [5.74, 6) is -0.802. The second-order valence-electron chi connectivity index (χ2n) is 3.63. The first kappa shape index (κ1) is 12.0. The van der Waals surface area contributed by atoms with Gasteiger partial charge in [0.15, 0.2) is 0 Å². The van der Waals surface area contributed by atoms with Gasteiger partial charge in [-0.25, -0.2) is 0 Å². The van der Waals surface area contributed by atoms with Crippen molar-refractivity contribution in [2.75, 3.05) is 14.1 Å². The molecule has 1 atom stereocenters. The summed E-state index contributed by atoms with van der Waals surface area (Å²) >= 11 is 5.77. The Hall–Kier alpha value is -1.06. The Morgan fingerprint density at radius 3 is 2.33 bits per heavy atom. The van der Waals surface area contributed by atoms with E-state index in [1.807, 2.05) is 31.1 Å². The molecule has 4 heteroatoms. The molecule has 0 bridgehead atoms. The molecule has 1 aromatic rings. The monoisotopic (exact) mass is 227 g/mol. The SMILES string of the molecule is CN(C)C(CC(=O)O)c1ccc(Cl)cc1. The molecule has 0 radical (unpaired) electrons. The van der Waals surface area contributed by atoms with Gasteiger partial charge >= 0.3 is 5.97 Å². The summed E-state index contributed by atoms with van der Waals surface area (Å²) in [7, 11) is 3.73. The molecule has 0 heterocycles. The molecule has 1 aromatic carbocycles. The Labute approximate surface area is 94.3 Å². The second kappa shape index (κ2) is 5.14. The minimum atomic E-state index is -0.802. The Morgan fingerprint density at radius 1 is 1.40 bits per heavy atom. The molecule has 1 unspecified atom stereocenters. The fraction of sp³-hybridized carbons (Fsp3) is 0.364. The van der Waals surface area contributed by atoms with E-state index in [2.05, 4.69) is 0 Å². The number of benzene rings is 1. The predicted octanol–water partition coefficient (Wildman–Crippen LogP) is 2.42. The zero-order valence-corrected chi connectivity index (χ0v) is 9.53. The average Bonchev–Trinajstić information content (AvgIpc) is 2.15. The van der Waals surface area contributed by atoms with Crippen LogP contribution in [0.3, 0.4) is 0 Å². The first-order chi connectivity index (χ1) is 7.00. The lowest BCUT2D eigenvalue weighted by molar-refractivity contribution is -0.138. The molecule has 0 aliphatic heterocycles. The van der Waals surface area contributed by atoms with E-state index in [1.54, 1.807) is 12.1 Å². The van der Waals surface area contributed by atoms with Gasteiger partial charge in [0.1, 0.15) is 0 Å². The van der Waals surface area contributed by atoms with Crippen LogP contribution in [0.1, 0.15) is 18.0 Å². The van der Waals surface area contributed by atoms with Crippen molar-refractivity contribution in [1.29, 1.82) is 0 Å². The highest BCUT2D eigenvalue weighted by atomic mass is 35.5. The standard InChI is InChI=1S/C11H14ClNO2/c1-13(2)10(7-11(14)15)8-3-5-9(12)6-4-8/h3-6,10H,7H2,1-2H3,(H,14,15). The lowest BCUT2D eigenvalue weighted by Crippen LogP contribution is -2.22. The van der Waals surface area contributed by atoms with Gasteiger partial charge in [-0.3, -0.25) is 4.79 Å². The first-order valence-corrected chi connectivity index (χ1v) is 5.02. The van der Waals surface area contributed by atoms with Crippen LogP contribution in [0.25, 0.3) is 0 Å². The van der Waals surface area contributed by atoms with E-state index in [0.717, 1.165) is 5.56 Å². The molecular weight excluding hydrogens is 214 g/mol. The first-order valence-electron chi connectivity index (χ1n) is 4.64. The van der Waals surface area contributed by atoms with E-state index in [9.17, 15) is 4.79 Å². The van der Waals surface area contributed by atoms with Gasteiger partial charge in [-0.15, -0.1) is 0 Å². The van der Waals surface area contributed by atoms with Crippen molar-refractivity contribution in [1.82, 2.24) is 4.90 Å². The van der Waals surface area contributed by atoms with Crippen molar-refractivity contribution in [2.45, 2.75) is 12.5 Å². The largest absolute Gasteiger partial charge is 0.481 e. The average molecular weight is 228 g/mol. The van der Waals surface area contributed by atoms with Crippen LogP contribution in [0.15, 0.2) is 24.3 Å². The number of rotatable bonds is 4. The lowest BCUT2D eigenvalue weighted by atomic mass is 10.0. The summed E-state index contributed by atoms with van der Waals surface area (Å²) in [6.07, 6.45) is 0.0919. The summed E-state index contributed by atoms with van der Waals surface area (Å²) in [4.78, 5) is 12.6. The Kier molecular flexibility index (Phi) is 4.12. The van der Waals surface area contributed by atoms with Crippen molar-refractivity contribution in [2.24, 2.45) is 0 Å². The van der Waals surface area contributed by atoms with Crippen LogP contribution in [-0.4, -0.2) is 30.1 Å². The molecule has 1 rings (SSSR count).